The van der Waals surface area contributed by atoms with Gasteiger partial charge in [0.1, 0.15) is 11.3 Å². The van der Waals surface area contributed by atoms with Crippen LogP contribution in [0.5, 0.6) is 0 Å². The van der Waals surface area contributed by atoms with Gasteiger partial charge in [-0.05, 0) is 54.5 Å². The number of aryl methyl sites for hydroxylation is 1. The molecule has 0 aromatic carbocycles. The predicted octanol–water partition coefficient (Wildman–Crippen LogP) is 4.36. The first-order valence-corrected chi connectivity index (χ1v) is 13.1. The van der Waals surface area contributed by atoms with E-state index in [9.17, 15) is 9.59 Å². The molecule has 1 aliphatic heterocycles. The minimum absolute atomic E-state index is 0.0596. The molecule has 0 spiro atoms. The van der Waals surface area contributed by atoms with Gasteiger partial charge in [-0.15, -0.1) is 0 Å². The second-order valence-electron chi connectivity index (χ2n) is 10.2. The van der Waals surface area contributed by atoms with Crippen molar-refractivity contribution in [2.45, 2.75) is 73.0 Å². The highest BCUT2D eigenvalue weighted by molar-refractivity contribution is 6.08. The number of anilines is 1. The lowest BCUT2D eigenvalue weighted by atomic mass is 10.2. The fourth-order valence-electron chi connectivity index (χ4n) is 4.11. The molecule has 0 unspecified atom stereocenters. The minimum atomic E-state index is -0.174. The number of aromatic amines is 1. The van der Waals surface area contributed by atoms with Crippen molar-refractivity contribution in [3.8, 4) is 0 Å². The zero-order valence-electron chi connectivity index (χ0n) is 23.8. The number of aliphatic imine (C=N–C) groups is 1. The minimum Gasteiger partial charge on any atom is -0.397 e. The average molecular weight is 546 g/mol. The van der Waals surface area contributed by atoms with Crippen LogP contribution in [0, 0.1) is 6.92 Å². The second-order valence-corrected chi connectivity index (χ2v) is 10.2. The summed E-state index contributed by atoms with van der Waals surface area (Å²) in [5.74, 6) is 1.38. The van der Waals surface area contributed by atoms with Gasteiger partial charge in [-0.1, -0.05) is 0 Å². The Hall–Kier alpha value is -4.68. The van der Waals surface area contributed by atoms with Gasteiger partial charge in [0, 0.05) is 37.0 Å². The SMILES string of the molecule is CC(C)n1cnc2c(N)ccnc21.CC(C)n1cnc2c1N=CCC2=O.Cc1nc2c(ncn2C(C)C)c(=O)[nH]1. The van der Waals surface area contributed by atoms with E-state index in [1.807, 2.05) is 41.4 Å². The molecule has 6 rings (SSSR count). The molecule has 0 saturated heterocycles. The van der Waals surface area contributed by atoms with Gasteiger partial charge in [0.05, 0.1) is 24.7 Å². The average Bonchev–Trinajstić information content (AvgIpc) is 3.62. The number of nitrogens with two attached hydrogens (primary N) is 1. The lowest BCUT2D eigenvalue weighted by Gasteiger charge is -2.10. The van der Waals surface area contributed by atoms with E-state index in [0.717, 1.165) is 11.2 Å². The Kier molecular flexibility index (Phi) is 8.21. The number of carbonyl (C=O) groups excluding carboxylic acids is 1. The second kappa shape index (κ2) is 11.6. The van der Waals surface area contributed by atoms with E-state index in [1.54, 1.807) is 44.4 Å². The molecule has 3 N–H and O–H groups in total. The number of pyridine rings is 1. The molecule has 0 amide bonds. The summed E-state index contributed by atoms with van der Waals surface area (Å²) in [6.45, 7) is 14.1. The number of nitrogens with zero attached hydrogens (tertiary/aromatic N) is 9. The molecule has 0 bridgehead atoms. The van der Waals surface area contributed by atoms with Crippen molar-refractivity contribution in [3.05, 3.63) is 53.1 Å². The van der Waals surface area contributed by atoms with Crippen LogP contribution >= 0.6 is 0 Å². The molecule has 0 fully saturated rings. The van der Waals surface area contributed by atoms with Gasteiger partial charge in [0.15, 0.2) is 34.1 Å². The molecule has 0 saturated carbocycles. The van der Waals surface area contributed by atoms with Gasteiger partial charge in [-0.3, -0.25) is 9.59 Å². The molecule has 210 valence electrons. The summed E-state index contributed by atoms with van der Waals surface area (Å²) in [5.41, 5.74) is 9.48. The first kappa shape index (κ1) is 28.3. The number of nitrogens with one attached hydrogen (secondary N) is 1. The highest BCUT2D eigenvalue weighted by Crippen LogP contribution is 2.25. The van der Waals surface area contributed by atoms with Crippen molar-refractivity contribution in [3.63, 3.8) is 0 Å². The van der Waals surface area contributed by atoms with E-state index in [-0.39, 0.29) is 17.4 Å². The molecule has 13 heteroatoms. The van der Waals surface area contributed by atoms with E-state index < -0.39 is 0 Å². The number of rotatable bonds is 3. The Morgan fingerprint density at radius 3 is 2.08 bits per heavy atom. The number of nitrogen functional groups attached to an aromatic ring is 1. The molecule has 5 aromatic heterocycles. The molecule has 1 aliphatic rings. The Morgan fingerprint density at radius 2 is 1.43 bits per heavy atom. The van der Waals surface area contributed by atoms with Gasteiger partial charge in [0.2, 0.25) is 0 Å². The highest BCUT2D eigenvalue weighted by Gasteiger charge is 2.20. The van der Waals surface area contributed by atoms with E-state index in [4.69, 9.17) is 5.73 Å². The van der Waals surface area contributed by atoms with Gasteiger partial charge in [0.25, 0.3) is 5.56 Å². The van der Waals surface area contributed by atoms with E-state index >= 15 is 0 Å². The summed E-state index contributed by atoms with van der Waals surface area (Å²) < 4.78 is 5.80. The quantitative estimate of drug-likeness (QED) is 0.337. The van der Waals surface area contributed by atoms with Crippen LogP contribution in [-0.4, -0.2) is 55.6 Å². The number of imidazole rings is 3. The van der Waals surface area contributed by atoms with E-state index in [1.165, 1.54) is 0 Å². The maximum Gasteiger partial charge on any atom is 0.279 e. The lowest BCUT2D eigenvalue weighted by molar-refractivity contribution is 0.0996. The van der Waals surface area contributed by atoms with E-state index in [2.05, 4.69) is 48.7 Å². The van der Waals surface area contributed by atoms with Gasteiger partial charge in [-0.2, -0.15) is 0 Å². The fraction of sp³-hybridized carbons (Fsp3) is 0.407. The number of H-pyrrole nitrogens is 1. The molecular weight excluding hydrogens is 510 g/mol. The first-order chi connectivity index (χ1) is 19.0. The molecular formula is C27H35N11O2. The van der Waals surface area contributed by atoms with Crippen LogP contribution in [0.3, 0.4) is 0 Å². The number of aromatic nitrogens is 9. The summed E-state index contributed by atoms with van der Waals surface area (Å²) in [6.07, 6.45) is 8.83. The number of carbonyl (C=O) groups is 1. The smallest absolute Gasteiger partial charge is 0.279 e. The van der Waals surface area contributed by atoms with Crippen LogP contribution in [0.2, 0.25) is 0 Å². The van der Waals surface area contributed by atoms with Crippen molar-refractivity contribution in [1.82, 2.24) is 43.6 Å². The summed E-state index contributed by atoms with van der Waals surface area (Å²) in [7, 11) is 0. The zero-order valence-corrected chi connectivity index (χ0v) is 23.8. The van der Waals surface area contributed by atoms with Gasteiger partial charge >= 0.3 is 0 Å². The Morgan fingerprint density at radius 1 is 0.825 bits per heavy atom. The highest BCUT2D eigenvalue weighted by atomic mass is 16.1. The monoisotopic (exact) mass is 545 g/mol. The standard InChI is InChI=1S/C9H12N4O.C9H12N4.C9H11N3O/c1-5(2)13-4-10-7-8(13)11-6(3)12-9(7)14;1-6(2)13-5-12-8-7(10)3-4-11-9(8)13;1-6(2)12-5-11-8-7(13)3-4-10-9(8)12/h4-5H,1-3H3,(H,11,12,14);3-6H,1-2H3,(H2,10,11);4-6H,3H2,1-2H3. The molecule has 0 aliphatic carbocycles. The molecule has 0 atom stereocenters. The fourth-order valence-corrected chi connectivity index (χ4v) is 4.11. The maximum absolute atomic E-state index is 11.5. The summed E-state index contributed by atoms with van der Waals surface area (Å²) in [6, 6.07) is 2.67. The maximum atomic E-state index is 11.5. The topological polar surface area (TPSA) is 168 Å². The number of fused-ring (bicyclic) bond motifs is 3. The van der Waals surface area contributed by atoms with Crippen LogP contribution in [0.4, 0.5) is 11.5 Å². The molecule has 40 heavy (non-hydrogen) atoms. The Balaban J connectivity index is 0.000000139. The van der Waals surface area contributed by atoms with Crippen LogP contribution < -0.4 is 11.3 Å². The van der Waals surface area contributed by atoms with Crippen molar-refractivity contribution in [2.24, 2.45) is 4.99 Å². The first-order valence-electron chi connectivity index (χ1n) is 13.1. The summed E-state index contributed by atoms with van der Waals surface area (Å²) in [5, 5.41) is 0. The third-order valence-electron chi connectivity index (χ3n) is 6.23. The third-order valence-corrected chi connectivity index (χ3v) is 6.23. The summed E-state index contributed by atoms with van der Waals surface area (Å²) >= 11 is 0. The number of Topliss-reactive ketones (excluding diaryl/α,β-unsaturated/α-hetero) is 1. The third kappa shape index (κ3) is 5.67. The Bertz CT molecular complexity index is 1730. The van der Waals surface area contributed by atoms with Crippen molar-refractivity contribution >= 4 is 45.8 Å². The number of hydrogen-bond donors (Lipinski definition) is 2. The van der Waals surface area contributed by atoms with Crippen LogP contribution in [0.1, 0.15) is 82.4 Å². The van der Waals surface area contributed by atoms with Gasteiger partial charge in [-0.25, -0.2) is 29.9 Å². The zero-order chi connectivity index (χ0) is 29.1. The van der Waals surface area contributed by atoms with Crippen LogP contribution in [-0.2, 0) is 0 Å². The molecule has 13 nitrogen and oxygen atoms in total. The van der Waals surface area contributed by atoms with Crippen LogP contribution in [0.15, 0.2) is 41.0 Å². The number of hydrogen-bond acceptors (Lipinski definition) is 9. The predicted molar refractivity (Wildman–Crippen MR) is 155 cm³/mol. The largest absolute Gasteiger partial charge is 0.397 e. The van der Waals surface area contributed by atoms with Crippen LogP contribution in [0.25, 0.3) is 22.3 Å². The molecule has 6 heterocycles. The Labute approximate surface area is 231 Å². The van der Waals surface area contributed by atoms with E-state index in [0.29, 0.717) is 52.7 Å². The summed E-state index contributed by atoms with van der Waals surface area (Å²) in [4.78, 5) is 50.4. The normalized spacial score (nSPS) is 12.6. The van der Waals surface area contributed by atoms with Crippen molar-refractivity contribution < 1.29 is 4.79 Å². The lowest BCUT2D eigenvalue weighted by Crippen LogP contribution is -2.11. The molecule has 5 aromatic rings. The van der Waals surface area contributed by atoms with Crippen molar-refractivity contribution in [1.29, 1.82) is 0 Å². The van der Waals surface area contributed by atoms with Gasteiger partial charge < -0.3 is 24.4 Å². The number of ketones is 1. The molecule has 0 radical (unpaired) electrons. The van der Waals surface area contributed by atoms with Crippen molar-refractivity contribution in [2.75, 3.05) is 5.73 Å².